The Labute approximate surface area is 235 Å². The van der Waals surface area contributed by atoms with Crippen molar-refractivity contribution in [1.82, 2.24) is 9.66 Å². The molecule has 8 nitrogen and oxygen atoms in total. The number of anilines is 1. The van der Waals surface area contributed by atoms with E-state index in [2.05, 4.69) is 10.4 Å². The molecule has 0 aliphatic heterocycles. The summed E-state index contributed by atoms with van der Waals surface area (Å²) in [6.07, 6.45) is 6.59. The minimum Gasteiger partial charge on any atom is -0.493 e. The van der Waals surface area contributed by atoms with Crippen LogP contribution in [-0.2, 0) is 4.79 Å². The molecule has 0 saturated heterocycles. The highest BCUT2D eigenvalue weighted by atomic mass is 35.5. The molecule has 1 N–H and O–H groups in total. The average molecular weight is 563 g/mol. The maximum Gasteiger partial charge on any atom is 0.282 e. The summed E-state index contributed by atoms with van der Waals surface area (Å²) in [5.74, 6) is 0.0511. The Kier molecular flexibility index (Phi) is 8.40. The van der Waals surface area contributed by atoms with Gasteiger partial charge in [0.25, 0.3) is 11.5 Å². The van der Waals surface area contributed by atoms with Crippen LogP contribution in [0.1, 0.15) is 49.4 Å². The number of methoxy groups -OCH3 is 1. The quantitative estimate of drug-likeness (QED) is 0.260. The van der Waals surface area contributed by atoms with Crippen LogP contribution in [0.25, 0.3) is 10.9 Å². The number of fused-ring (bicyclic) bond motifs is 1. The molecule has 1 saturated carbocycles. The first-order valence-corrected chi connectivity index (χ1v) is 13.4. The summed E-state index contributed by atoms with van der Waals surface area (Å²) >= 11 is 6.33. The zero-order valence-corrected chi connectivity index (χ0v) is 22.7. The van der Waals surface area contributed by atoms with Crippen LogP contribution in [0.4, 0.5) is 10.1 Å². The van der Waals surface area contributed by atoms with Crippen molar-refractivity contribution in [2.45, 2.75) is 38.0 Å². The third kappa shape index (κ3) is 5.99. The Morgan fingerprint density at radius 2 is 1.90 bits per heavy atom. The van der Waals surface area contributed by atoms with Gasteiger partial charge in [0.2, 0.25) is 0 Å². The molecule has 0 unspecified atom stereocenters. The lowest BCUT2D eigenvalue weighted by atomic mass is 9.88. The van der Waals surface area contributed by atoms with E-state index in [0.717, 1.165) is 32.1 Å². The molecular weight excluding hydrogens is 535 g/mol. The fourth-order valence-corrected chi connectivity index (χ4v) is 5.09. The first-order valence-electron chi connectivity index (χ1n) is 13.1. The highest BCUT2D eigenvalue weighted by molar-refractivity contribution is 6.31. The summed E-state index contributed by atoms with van der Waals surface area (Å²) < 4.78 is 26.6. The second kappa shape index (κ2) is 12.3. The van der Waals surface area contributed by atoms with E-state index in [1.54, 1.807) is 30.3 Å². The number of aromatic nitrogens is 2. The molecule has 1 heterocycles. The molecule has 1 aromatic heterocycles. The first kappa shape index (κ1) is 27.3. The number of ether oxygens (including phenoxy) is 2. The van der Waals surface area contributed by atoms with E-state index in [9.17, 15) is 14.0 Å². The summed E-state index contributed by atoms with van der Waals surface area (Å²) in [6.45, 7) is -0.433. The van der Waals surface area contributed by atoms with Crippen LogP contribution in [0.3, 0.4) is 0 Å². The molecule has 1 amide bonds. The fraction of sp³-hybridized carbons (Fsp3) is 0.267. The standard InChI is InChI=1S/C30H28ClFN4O4/c1-39-26-16-21(31)15-20(28(26)40-18-27(37)34-25-14-8-6-12-23(25)32)17-33-36-29(19-9-3-2-4-10-19)35-24-13-7-5-11-22(24)30(36)38/h5-8,11-17,19H,2-4,9-10,18H2,1H3,(H,34,37). The molecule has 0 bridgehead atoms. The number of halogens is 2. The van der Waals surface area contributed by atoms with Gasteiger partial charge in [0.15, 0.2) is 18.1 Å². The lowest BCUT2D eigenvalue weighted by Crippen LogP contribution is -2.25. The molecule has 1 fully saturated rings. The lowest BCUT2D eigenvalue weighted by molar-refractivity contribution is -0.118. The van der Waals surface area contributed by atoms with E-state index < -0.39 is 18.3 Å². The van der Waals surface area contributed by atoms with Crippen molar-refractivity contribution < 1.29 is 18.7 Å². The summed E-state index contributed by atoms with van der Waals surface area (Å²) in [6, 6.07) is 16.2. The second-order valence-electron chi connectivity index (χ2n) is 9.53. The van der Waals surface area contributed by atoms with E-state index in [1.165, 1.54) is 36.2 Å². The van der Waals surface area contributed by atoms with Crippen molar-refractivity contribution in [2.24, 2.45) is 5.10 Å². The van der Waals surface area contributed by atoms with Gasteiger partial charge in [-0.15, -0.1) is 0 Å². The van der Waals surface area contributed by atoms with Gasteiger partial charge in [-0.05, 0) is 43.2 Å². The number of carbonyl (C=O) groups is 1. The molecule has 0 radical (unpaired) electrons. The first-order chi connectivity index (χ1) is 19.4. The molecule has 1 aliphatic rings. The largest absolute Gasteiger partial charge is 0.493 e. The van der Waals surface area contributed by atoms with Crippen molar-refractivity contribution in [3.63, 3.8) is 0 Å². The highest BCUT2D eigenvalue weighted by Gasteiger charge is 2.23. The van der Waals surface area contributed by atoms with Crippen molar-refractivity contribution in [1.29, 1.82) is 0 Å². The van der Waals surface area contributed by atoms with Crippen LogP contribution in [0, 0.1) is 5.82 Å². The molecule has 5 rings (SSSR count). The molecule has 1 aliphatic carbocycles. The number of para-hydroxylation sites is 2. The Bertz CT molecular complexity index is 1630. The molecule has 3 aromatic carbocycles. The van der Waals surface area contributed by atoms with Gasteiger partial charge in [0, 0.05) is 22.6 Å². The molecule has 40 heavy (non-hydrogen) atoms. The number of carbonyl (C=O) groups excluding carboxylic acids is 1. The number of rotatable bonds is 8. The van der Waals surface area contributed by atoms with Gasteiger partial charge >= 0.3 is 0 Å². The third-order valence-electron chi connectivity index (χ3n) is 6.83. The van der Waals surface area contributed by atoms with Crippen LogP contribution in [0.5, 0.6) is 11.5 Å². The van der Waals surface area contributed by atoms with Crippen LogP contribution in [-0.4, -0.2) is 35.5 Å². The minimum atomic E-state index is -0.570. The maximum atomic E-state index is 14.0. The summed E-state index contributed by atoms with van der Waals surface area (Å²) in [4.78, 5) is 30.9. The predicted molar refractivity (Wildman–Crippen MR) is 153 cm³/mol. The maximum absolute atomic E-state index is 14.0. The van der Waals surface area contributed by atoms with Crippen LogP contribution >= 0.6 is 11.6 Å². The van der Waals surface area contributed by atoms with Crippen molar-refractivity contribution in [3.05, 3.63) is 93.2 Å². The Hall–Kier alpha value is -4.24. The molecule has 0 atom stereocenters. The Balaban J connectivity index is 1.49. The monoisotopic (exact) mass is 562 g/mol. The Morgan fingerprint density at radius 1 is 1.15 bits per heavy atom. The summed E-state index contributed by atoms with van der Waals surface area (Å²) in [5, 5.41) is 7.85. The molecule has 206 valence electrons. The van der Waals surface area contributed by atoms with Crippen LogP contribution in [0.15, 0.2) is 70.6 Å². The number of amides is 1. The fourth-order valence-electron chi connectivity index (χ4n) is 4.87. The van der Waals surface area contributed by atoms with E-state index >= 15 is 0 Å². The molecular formula is C30H28ClFN4O4. The normalized spacial score (nSPS) is 14.0. The van der Waals surface area contributed by atoms with E-state index in [-0.39, 0.29) is 28.7 Å². The van der Waals surface area contributed by atoms with E-state index in [4.69, 9.17) is 26.1 Å². The lowest BCUT2D eigenvalue weighted by Gasteiger charge is -2.22. The summed E-state index contributed by atoms with van der Waals surface area (Å²) in [7, 11) is 1.44. The third-order valence-corrected chi connectivity index (χ3v) is 7.04. The topological polar surface area (TPSA) is 94.8 Å². The van der Waals surface area contributed by atoms with Crippen molar-refractivity contribution >= 4 is 40.3 Å². The zero-order chi connectivity index (χ0) is 28.1. The minimum absolute atomic E-state index is 0.0411. The zero-order valence-electron chi connectivity index (χ0n) is 21.9. The SMILES string of the molecule is COc1cc(Cl)cc(C=Nn2c(C3CCCCC3)nc3ccccc3c2=O)c1OCC(=O)Nc1ccccc1F. The van der Waals surface area contributed by atoms with Gasteiger partial charge in [-0.3, -0.25) is 9.59 Å². The van der Waals surface area contributed by atoms with Gasteiger partial charge in [0.05, 0.1) is 29.9 Å². The highest BCUT2D eigenvalue weighted by Crippen LogP contribution is 2.35. The number of hydrogen-bond donors (Lipinski definition) is 1. The van der Waals surface area contributed by atoms with Gasteiger partial charge in [0.1, 0.15) is 11.6 Å². The summed E-state index contributed by atoms with van der Waals surface area (Å²) in [5.41, 5.74) is 0.786. The number of hydrogen-bond acceptors (Lipinski definition) is 6. The van der Waals surface area contributed by atoms with E-state index in [1.807, 2.05) is 12.1 Å². The van der Waals surface area contributed by atoms with E-state index in [0.29, 0.717) is 27.3 Å². The van der Waals surface area contributed by atoms with Crippen LogP contribution < -0.4 is 20.3 Å². The van der Waals surface area contributed by atoms with Gasteiger partial charge in [-0.1, -0.05) is 55.1 Å². The molecule has 0 spiro atoms. The number of benzene rings is 3. The smallest absolute Gasteiger partial charge is 0.282 e. The molecule has 10 heteroatoms. The van der Waals surface area contributed by atoms with Gasteiger partial charge in [-0.25, -0.2) is 9.37 Å². The van der Waals surface area contributed by atoms with Crippen molar-refractivity contribution in [3.8, 4) is 11.5 Å². The molecule has 4 aromatic rings. The number of nitrogens with zero attached hydrogens (tertiary/aromatic N) is 3. The van der Waals surface area contributed by atoms with Gasteiger partial charge < -0.3 is 14.8 Å². The van der Waals surface area contributed by atoms with Crippen molar-refractivity contribution in [2.75, 3.05) is 19.0 Å². The van der Waals surface area contributed by atoms with Gasteiger partial charge in [-0.2, -0.15) is 9.78 Å². The number of nitrogens with one attached hydrogen (secondary N) is 1. The second-order valence-corrected chi connectivity index (χ2v) is 9.96. The van der Waals surface area contributed by atoms with Crippen LogP contribution in [0.2, 0.25) is 5.02 Å². The Morgan fingerprint density at radius 3 is 2.67 bits per heavy atom. The predicted octanol–water partition coefficient (Wildman–Crippen LogP) is 6.15. The average Bonchev–Trinajstić information content (AvgIpc) is 2.97.